The third-order valence-electron chi connectivity index (χ3n) is 4.56. The van der Waals surface area contributed by atoms with Crippen LogP contribution in [0.4, 0.5) is 0 Å². The van der Waals surface area contributed by atoms with Gasteiger partial charge in [-0.15, -0.1) is 11.8 Å². The Bertz CT molecular complexity index is 980. The van der Waals surface area contributed by atoms with Crippen molar-refractivity contribution < 1.29 is 38.1 Å². The van der Waals surface area contributed by atoms with Crippen molar-refractivity contribution in [2.75, 3.05) is 13.7 Å². The van der Waals surface area contributed by atoms with E-state index in [1.807, 2.05) is 18.2 Å². The minimum Gasteiger partial charge on any atom is -0.497 e. The van der Waals surface area contributed by atoms with Gasteiger partial charge in [0.25, 0.3) is 0 Å². The van der Waals surface area contributed by atoms with Gasteiger partial charge in [-0.2, -0.15) is 0 Å². The number of nitrogens with zero attached hydrogens (tertiary/aromatic N) is 1. The summed E-state index contributed by atoms with van der Waals surface area (Å²) in [6.07, 6.45) is -1.84. The molecule has 0 spiro atoms. The Morgan fingerprint density at radius 2 is 1.49 bits per heavy atom. The maximum absolute atomic E-state index is 13.5. The van der Waals surface area contributed by atoms with E-state index in [2.05, 4.69) is 0 Å². The minimum atomic E-state index is -1.84. The average molecular weight is 504 g/mol. The van der Waals surface area contributed by atoms with Crippen LogP contribution in [0.3, 0.4) is 0 Å². The molecule has 1 amide bonds. The lowest BCUT2D eigenvalue weighted by molar-refractivity contribution is -0.196. The number of benzene rings is 2. The molecule has 2 aromatic rings. The molecule has 0 heterocycles. The Hall–Kier alpha value is -3.53. The molecule has 1 unspecified atom stereocenters. The van der Waals surface area contributed by atoms with Crippen LogP contribution in [0.25, 0.3) is 0 Å². The smallest absolute Gasteiger partial charge is 0.339 e. The van der Waals surface area contributed by atoms with E-state index in [-0.39, 0.29) is 13.2 Å². The molecule has 0 fully saturated rings. The van der Waals surface area contributed by atoms with E-state index < -0.39 is 35.5 Å². The molecule has 0 radical (unpaired) electrons. The molecule has 2 aromatic carbocycles. The number of esters is 3. The zero-order valence-corrected chi connectivity index (χ0v) is 20.9. The highest BCUT2D eigenvalue weighted by atomic mass is 32.2. The Morgan fingerprint density at radius 1 is 0.886 bits per heavy atom. The van der Waals surface area contributed by atoms with Crippen LogP contribution in [0, 0.1) is 0 Å². The molecule has 2 rings (SSSR count). The average Bonchev–Trinajstić information content (AvgIpc) is 2.83. The first kappa shape index (κ1) is 27.7. The first-order chi connectivity index (χ1) is 16.7. The molecule has 188 valence electrons. The maximum atomic E-state index is 13.5. The molecule has 0 bridgehead atoms. The summed E-state index contributed by atoms with van der Waals surface area (Å²) in [7, 11) is 1.57. The molecule has 1 atom stereocenters. The zero-order chi connectivity index (χ0) is 25.8. The lowest BCUT2D eigenvalue weighted by atomic mass is 10.2. The van der Waals surface area contributed by atoms with Gasteiger partial charge in [0, 0.05) is 26.1 Å². The van der Waals surface area contributed by atoms with E-state index in [1.54, 1.807) is 50.4 Å². The first-order valence-corrected chi connectivity index (χ1v) is 11.9. The number of carbonyl (C=O) groups is 4. The van der Waals surface area contributed by atoms with E-state index >= 15 is 0 Å². The van der Waals surface area contributed by atoms with Gasteiger partial charge in [-0.05, 0) is 30.2 Å². The summed E-state index contributed by atoms with van der Waals surface area (Å²) in [6.45, 7) is 3.92. The van der Waals surface area contributed by atoms with Gasteiger partial charge in [0.1, 0.15) is 5.75 Å². The predicted octanol–water partition coefficient (Wildman–Crippen LogP) is 3.30. The molecule has 0 aliphatic rings. The summed E-state index contributed by atoms with van der Waals surface area (Å²) in [4.78, 5) is 50.9. The second kappa shape index (κ2) is 14.0. The van der Waals surface area contributed by atoms with Crippen LogP contribution in [0.1, 0.15) is 31.9 Å². The molecule has 0 aromatic heterocycles. The lowest BCUT2D eigenvalue weighted by Gasteiger charge is -2.32. The van der Waals surface area contributed by atoms with Crippen molar-refractivity contribution in [2.24, 2.45) is 0 Å². The van der Waals surface area contributed by atoms with E-state index in [4.69, 9.17) is 18.9 Å². The van der Waals surface area contributed by atoms with Crippen LogP contribution < -0.4 is 4.74 Å². The summed E-state index contributed by atoms with van der Waals surface area (Å²) in [5.41, 5.74) is 1.60. The van der Waals surface area contributed by atoms with Gasteiger partial charge >= 0.3 is 30.1 Å². The number of rotatable bonds is 12. The normalized spacial score (nSPS) is 11.3. The molecular weight excluding hydrogens is 474 g/mol. The third kappa shape index (κ3) is 8.97. The summed E-state index contributed by atoms with van der Waals surface area (Å²) in [5.74, 6) is -2.10. The van der Waals surface area contributed by atoms with Crippen molar-refractivity contribution in [2.45, 2.75) is 44.7 Å². The van der Waals surface area contributed by atoms with Crippen LogP contribution in [0.5, 0.6) is 5.75 Å². The summed E-state index contributed by atoms with van der Waals surface area (Å²) in [6, 6.07) is 16.2. The molecule has 0 aliphatic carbocycles. The molecule has 9 nitrogen and oxygen atoms in total. The Kier molecular flexibility index (Phi) is 11.1. The van der Waals surface area contributed by atoms with Gasteiger partial charge in [-0.1, -0.05) is 42.5 Å². The van der Waals surface area contributed by atoms with E-state index in [9.17, 15) is 19.2 Å². The number of methoxy groups -OCH3 is 1. The number of carbonyl (C=O) groups excluding carboxylic acids is 4. The third-order valence-corrected chi connectivity index (χ3v) is 5.83. The largest absolute Gasteiger partial charge is 0.497 e. The van der Waals surface area contributed by atoms with Crippen LogP contribution in [-0.4, -0.2) is 54.1 Å². The highest BCUT2D eigenvalue weighted by Crippen LogP contribution is 2.26. The molecular formula is C25H29NO8S. The van der Waals surface area contributed by atoms with E-state index in [0.29, 0.717) is 17.1 Å². The van der Waals surface area contributed by atoms with Crippen LogP contribution in [-0.2, 0) is 45.7 Å². The van der Waals surface area contributed by atoms with Crippen molar-refractivity contribution in [3.8, 4) is 5.75 Å². The topological polar surface area (TPSA) is 108 Å². The first-order valence-electron chi connectivity index (χ1n) is 10.8. The van der Waals surface area contributed by atoms with Gasteiger partial charge < -0.3 is 23.8 Å². The van der Waals surface area contributed by atoms with Gasteiger partial charge in [0.15, 0.2) is 5.37 Å². The van der Waals surface area contributed by atoms with Crippen LogP contribution in [0.15, 0.2) is 54.6 Å². The summed E-state index contributed by atoms with van der Waals surface area (Å²) >= 11 is 1.16. The number of ether oxygens (including phenoxy) is 4. The second-order valence-corrected chi connectivity index (χ2v) is 8.33. The fourth-order valence-corrected chi connectivity index (χ4v) is 4.12. The second-order valence-electron chi connectivity index (χ2n) is 7.27. The molecule has 0 aliphatic heterocycles. The van der Waals surface area contributed by atoms with Gasteiger partial charge in [0.2, 0.25) is 0 Å². The standard InChI is InChI=1S/C25H29NO8S/c1-5-32-24(30)23(35-16-20-11-13-21(31-4)14-12-20)26(15-19-9-7-6-8-10-19)22(29)25(33-17(2)27)34-18(3)28/h6-14,23,25H,5,15-16H2,1-4H3. The number of amides is 1. The van der Waals surface area contributed by atoms with Crippen molar-refractivity contribution in [3.63, 3.8) is 0 Å². The Morgan fingerprint density at radius 3 is 2.00 bits per heavy atom. The van der Waals surface area contributed by atoms with Gasteiger partial charge in [-0.3, -0.25) is 14.4 Å². The number of thioether (sulfide) groups is 1. The monoisotopic (exact) mass is 503 g/mol. The molecule has 10 heteroatoms. The number of hydrogen-bond donors (Lipinski definition) is 0. The van der Waals surface area contributed by atoms with Crippen LogP contribution in [0.2, 0.25) is 0 Å². The minimum absolute atomic E-state index is 0.0161. The van der Waals surface area contributed by atoms with Crippen molar-refractivity contribution >= 4 is 35.6 Å². The molecule has 0 saturated heterocycles. The van der Waals surface area contributed by atoms with E-state index in [0.717, 1.165) is 31.2 Å². The molecule has 0 saturated carbocycles. The highest BCUT2D eigenvalue weighted by molar-refractivity contribution is 7.99. The maximum Gasteiger partial charge on any atom is 0.339 e. The Labute approximate surface area is 208 Å². The Balaban J connectivity index is 2.41. The van der Waals surface area contributed by atoms with Gasteiger partial charge in [0.05, 0.1) is 13.7 Å². The van der Waals surface area contributed by atoms with E-state index in [1.165, 1.54) is 4.90 Å². The molecule has 0 N–H and O–H groups in total. The SMILES string of the molecule is CCOC(=O)C(SCc1ccc(OC)cc1)N(Cc1ccccc1)C(=O)C(OC(C)=O)OC(C)=O. The van der Waals surface area contributed by atoms with Crippen molar-refractivity contribution in [1.82, 2.24) is 4.90 Å². The van der Waals surface area contributed by atoms with Crippen molar-refractivity contribution in [3.05, 3.63) is 65.7 Å². The fourth-order valence-electron chi connectivity index (χ4n) is 3.01. The summed E-state index contributed by atoms with van der Waals surface area (Å²) in [5, 5.41) is -1.11. The van der Waals surface area contributed by atoms with Crippen LogP contribution >= 0.6 is 11.8 Å². The molecule has 35 heavy (non-hydrogen) atoms. The highest BCUT2D eigenvalue weighted by Gasteiger charge is 2.38. The van der Waals surface area contributed by atoms with Crippen molar-refractivity contribution in [1.29, 1.82) is 0 Å². The predicted molar refractivity (Wildman–Crippen MR) is 129 cm³/mol. The number of hydrogen-bond acceptors (Lipinski definition) is 9. The lowest BCUT2D eigenvalue weighted by Crippen LogP contribution is -2.50. The fraction of sp³-hybridized carbons (Fsp3) is 0.360. The van der Waals surface area contributed by atoms with Gasteiger partial charge in [-0.25, -0.2) is 4.79 Å². The quantitative estimate of drug-likeness (QED) is 0.318. The zero-order valence-electron chi connectivity index (χ0n) is 20.1. The summed E-state index contributed by atoms with van der Waals surface area (Å²) < 4.78 is 20.4.